The number of halogens is 1. The molecule has 0 radical (unpaired) electrons. The lowest BCUT2D eigenvalue weighted by atomic mass is 9.80. The van der Waals surface area contributed by atoms with Gasteiger partial charge < -0.3 is 23.9 Å². The first kappa shape index (κ1) is 23.8. The number of hydrazine groups is 1. The topological polar surface area (TPSA) is 122 Å². The van der Waals surface area contributed by atoms with E-state index in [0.29, 0.717) is 0 Å². The number of nitrogens with zero attached hydrogens (tertiary/aromatic N) is 3. The summed E-state index contributed by atoms with van der Waals surface area (Å²) in [4.78, 5) is 18.3. The Bertz CT molecular complexity index is 769. The molecule has 2 heterocycles. The standard InChI is InChI=1S/C20H32ClN5O5/c1-2-3-4-5-14-6-8-15(9-7-14)19(27)30-13-18-29-12-17(31-18)26-11-10-16(22-20(26)28)23-25-24-21/h10-11,14-15,17-18,24-25H,2-9,12-13H2,1H3,(H,22,23,28)/p-1/t14?,15?,17-,18-/m0/s1. The van der Waals surface area contributed by atoms with E-state index in [4.69, 9.17) is 26.0 Å². The number of rotatable bonds is 10. The molecule has 0 unspecified atom stereocenters. The second-order valence-electron chi connectivity index (χ2n) is 7.99. The van der Waals surface area contributed by atoms with Crippen molar-refractivity contribution in [1.82, 2.24) is 20.0 Å². The Kier molecular flexibility index (Phi) is 9.38. The highest BCUT2D eigenvalue weighted by atomic mass is 35.5. The Morgan fingerprint density at radius 3 is 2.90 bits per heavy atom. The van der Waals surface area contributed by atoms with Gasteiger partial charge in [-0.1, -0.05) is 32.6 Å². The number of hydrogen-bond acceptors (Lipinski definition) is 9. The van der Waals surface area contributed by atoms with Gasteiger partial charge in [-0.2, -0.15) is 0 Å². The third-order valence-corrected chi connectivity index (χ3v) is 5.91. The monoisotopic (exact) mass is 456 g/mol. The van der Waals surface area contributed by atoms with Crippen LogP contribution in [0.4, 0.5) is 0 Å². The first-order chi connectivity index (χ1) is 15.1. The van der Waals surface area contributed by atoms with Gasteiger partial charge in [0.15, 0.2) is 18.0 Å². The number of nitrogens with one attached hydrogen (secondary N) is 2. The molecule has 0 amide bonds. The summed E-state index contributed by atoms with van der Waals surface area (Å²) in [6, 6.07) is 0.984. The lowest BCUT2D eigenvalue weighted by molar-refractivity contribution is -0.290. The Morgan fingerprint density at radius 1 is 1.39 bits per heavy atom. The normalized spacial score (nSPS) is 26.7. The second kappa shape index (κ2) is 12.2. The molecule has 174 valence electrons. The molecule has 2 N–H and O–H groups in total. The minimum atomic E-state index is -0.710. The largest absolute Gasteiger partial charge is 0.846 e. The zero-order valence-electron chi connectivity index (χ0n) is 17.8. The molecule has 31 heavy (non-hydrogen) atoms. The van der Waals surface area contributed by atoms with Crippen molar-refractivity contribution in [3.63, 3.8) is 0 Å². The number of carbonyl (C=O) groups is 1. The van der Waals surface area contributed by atoms with Gasteiger partial charge in [-0.3, -0.25) is 4.79 Å². The number of unbranched alkanes of at least 4 members (excludes halogenated alkanes) is 2. The minimum Gasteiger partial charge on any atom is -0.846 e. The molecule has 1 aliphatic heterocycles. The zero-order valence-corrected chi connectivity index (χ0v) is 18.6. The van der Waals surface area contributed by atoms with Crippen LogP contribution in [0.3, 0.4) is 0 Å². The van der Waals surface area contributed by atoms with Crippen LogP contribution in [0.1, 0.15) is 64.5 Å². The van der Waals surface area contributed by atoms with Gasteiger partial charge in [0.2, 0.25) is 0 Å². The predicted octanol–water partition coefficient (Wildman–Crippen LogP) is 1.82. The van der Waals surface area contributed by atoms with Crippen molar-refractivity contribution in [3.05, 3.63) is 17.8 Å². The molecule has 3 rings (SSSR count). The smallest absolute Gasteiger partial charge is 0.309 e. The molecular weight excluding hydrogens is 426 g/mol. The summed E-state index contributed by atoms with van der Waals surface area (Å²) < 4.78 is 18.0. The average Bonchev–Trinajstić information content (AvgIpc) is 3.25. The third kappa shape index (κ3) is 7.06. The molecule has 2 fully saturated rings. The summed E-state index contributed by atoms with van der Waals surface area (Å²) in [6.07, 6.45) is 9.19. The van der Waals surface area contributed by atoms with Gasteiger partial charge in [0, 0.05) is 12.3 Å². The Morgan fingerprint density at radius 2 is 2.19 bits per heavy atom. The lowest BCUT2D eigenvalue weighted by Gasteiger charge is -2.27. The summed E-state index contributed by atoms with van der Waals surface area (Å²) in [5, 5.41) is 15.9. The SMILES string of the molecule is CCCCCC1CCC(C(=O)OC[C@H]2OC[C@@H](n3cc/c(=N/NNCl)nc3[O-])O2)CC1. The van der Waals surface area contributed by atoms with Crippen molar-refractivity contribution in [2.45, 2.75) is 70.8 Å². The fourth-order valence-corrected chi connectivity index (χ4v) is 4.12. The molecule has 0 bridgehead atoms. The molecule has 1 saturated carbocycles. The van der Waals surface area contributed by atoms with E-state index in [9.17, 15) is 9.90 Å². The van der Waals surface area contributed by atoms with Gasteiger partial charge in [-0.25, -0.2) is 10.5 Å². The van der Waals surface area contributed by atoms with E-state index in [0.717, 1.165) is 31.6 Å². The summed E-state index contributed by atoms with van der Waals surface area (Å²) in [5.41, 5.74) is 2.45. The number of esters is 1. The van der Waals surface area contributed by atoms with E-state index in [2.05, 4.69) is 27.5 Å². The van der Waals surface area contributed by atoms with Crippen molar-refractivity contribution < 1.29 is 24.1 Å². The Balaban J connectivity index is 1.40. The quantitative estimate of drug-likeness (QED) is 0.236. The molecule has 1 saturated heterocycles. The van der Waals surface area contributed by atoms with Crippen molar-refractivity contribution in [1.29, 1.82) is 0 Å². The van der Waals surface area contributed by atoms with Crippen LogP contribution in [0.2, 0.25) is 0 Å². The molecule has 1 aromatic rings. The molecule has 1 aromatic heterocycles. The number of hydrogen-bond donors (Lipinski definition) is 2. The van der Waals surface area contributed by atoms with Crippen LogP contribution < -0.4 is 21.1 Å². The van der Waals surface area contributed by atoms with Gasteiger partial charge in [0.25, 0.3) is 0 Å². The average molecular weight is 457 g/mol. The van der Waals surface area contributed by atoms with Crippen LogP contribution in [0.5, 0.6) is 6.01 Å². The highest BCUT2D eigenvalue weighted by molar-refractivity contribution is 6.13. The fourth-order valence-electron chi connectivity index (χ4n) is 4.08. The highest BCUT2D eigenvalue weighted by Crippen LogP contribution is 2.33. The van der Waals surface area contributed by atoms with Crippen LogP contribution in [0, 0.1) is 11.8 Å². The molecular formula is C20H31ClN5O5-. The molecule has 10 nitrogen and oxygen atoms in total. The fraction of sp³-hybridized carbons (Fsp3) is 0.750. The second-order valence-corrected chi connectivity index (χ2v) is 8.18. The summed E-state index contributed by atoms with van der Waals surface area (Å²) in [5.74, 6) is 0.512. The van der Waals surface area contributed by atoms with E-state index < -0.39 is 18.5 Å². The van der Waals surface area contributed by atoms with Crippen LogP contribution in [-0.2, 0) is 19.0 Å². The van der Waals surface area contributed by atoms with Gasteiger partial charge in [0.05, 0.1) is 18.5 Å². The van der Waals surface area contributed by atoms with Crippen molar-refractivity contribution in [2.24, 2.45) is 16.9 Å². The third-order valence-electron chi connectivity index (χ3n) is 5.83. The van der Waals surface area contributed by atoms with Crippen molar-refractivity contribution in [2.75, 3.05) is 13.2 Å². The maximum Gasteiger partial charge on any atom is 0.309 e. The zero-order chi connectivity index (χ0) is 22.1. The van der Waals surface area contributed by atoms with Crippen LogP contribution in [0.25, 0.3) is 0 Å². The van der Waals surface area contributed by atoms with Gasteiger partial charge >= 0.3 is 5.97 Å². The van der Waals surface area contributed by atoms with E-state index in [1.54, 1.807) is 0 Å². The first-order valence-corrected chi connectivity index (χ1v) is 11.3. The molecule has 0 aromatic carbocycles. The van der Waals surface area contributed by atoms with E-state index in [1.807, 2.05) is 0 Å². The summed E-state index contributed by atoms with van der Waals surface area (Å²) in [7, 11) is 0. The molecule has 2 aliphatic rings. The minimum absolute atomic E-state index is 0.00662. The molecule has 0 spiro atoms. The number of aromatic nitrogens is 2. The van der Waals surface area contributed by atoms with Gasteiger partial charge in [0.1, 0.15) is 6.61 Å². The Hall–Kier alpha value is -1.88. The number of ether oxygens (including phenoxy) is 3. The van der Waals surface area contributed by atoms with Crippen molar-refractivity contribution in [3.8, 4) is 6.01 Å². The van der Waals surface area contributed by atoms with Crippen LogP contribution in [-0.4, -0.2) is 35.0 Å². The highest BCUT2D eigenvalue weighted by Gasteiger charge is 2.31. The maximum absolute atomic E-state index is 12.4. The molecule has 11 heteroatoms. The van der Waals surface area contributed by atoms with E-state index in [-0.39, 0.29) is 30.6 Å². The predicted molar refractivity (Wildman–Crippen MR) is 110 cm³/mol. The van der Waals surface area contributed by atoms with E-state index >= 15 is 0 Å². The van der Waals surface area contributed by atoms with E-state index in [1.165, 1.54) is 42.5 Å². The Labute approximate surface area is 187 Å². The maximum atomic E-state index is 12.4. The number of carbonyl (C=O) groups excluding carboxylic acids is 1. The summed E-state index contributed by atoms with van der Waals surface area (Å²) in [6.45, 7) is 2.38. The van der Waals surface area contributed by atoms with Crippen molar-refractivity contribution >= 4 is 17.7 Å². The van der Waals surface area contributed by atoms with Crippen LogP contribution >= 0.6 is 11.8 Å². The lowest BCUT2D eigenvalue weighted by Crippen LogP contribution is -2.28. The summed E-state index contributed by atoms with van der Waals surface area (Å²) >= 11 is 5.23. The molecule has 1 aliphatic carbocycles. The van der Waals surface area contributed by atoms with Gasteiger partial charge in [-0.05, 0) is 43.4 Å². The van der Waals surface area contributed by atoms with Crippen LogP contribution in [0.15, 0.2) is 17.4 Å². The van der Waals surface area contributed by atoms with Gasteiger partial charge in [-0.15, -0.1) is 10.0 Å². The molecule has 2 atom stereocenters. The first-order valence-electron chi connectivity index (χ1n) is 10.9.